The molecule has 2 heterocycles. The summed E-state index contributed by atoms with van der Waals surface area (Å²) in [6, 6.07) is 19.7. The second-order valence-corrected chi connectivity index (χ2v) is 8.01. The van der Waals surface area contributed by atoms with Gasteiger partial charge in [-0.1, -0.05) is 48.2 Å². The maximum Gasteiger partial charge on any atom is 0.263 e. The Morgan fingerprint density at radius 2 is 1.65 bits per heavy atom. The predicted molar refractivity (Wildman–Crippen MR) is 116 cm³/mol. The molecule has 0 N–H and O–H groups in total. The van der Waals surface area contributed by atoms with E-state index in [0.717, 1.165) is 11.1 Å². The highest BCUT2D eigenvalue weighted by Crippen LogP contribution is 2.25. The Balaban J connectivity index is 1.63. The summed E-state index contributed by atoms with van der Waals surface area (Å²) in [5, 5.41) is 9.72. The van der Waals surface area contributed by atoms with E-state index in [1.165, 1.54) is 40.6 Å². The molecule has 8 heteroatoms. The molecule has 0 fully saturated rings. The van der Waals surface area contributed by atoms with Crippen molar-refractivity contribution in [3.63, 3.8) is 0 Å². The van der Waals surface area contributed by atoms with Crippen LogP contribution in [0, 0.1) is 11.6 Å². The van der Waals surface area contributed by atoms with Gasteiger partial charge in [-0.05, 0) is 47.5 Å². The van der Waals surface area contributed by atoms with Crippen LogP contribution in [0.4, 0.5) is 8.78 Å². The van der Waals surface area contributed by atoms with Crippen molar-refractivity contribution in [3.8, 4) is 0 Å². The number of hydrogen-bond acceptors (Lipinski definition) is 4. The van der Waals surface area contributed by atoms with Crippen molar-refractivity contribution in [1.29, 1.82) is 0 Å². The topological polar surface area (TPSA) is 52.2 Å². The molecule has 154 valence electrons. The minimum atomic E-state index is -0.335. The van der Waals surface area contributed by atoms with Gasteiger partial charge in [-0.25, -0.2) is 8.78 Å². The van der Waals surface area contributed by atoms with E-state index in [1.54, 1.807) is 24.3 Å². The first-order valence-electron chi connectivity index (χ1n) is 9.58. The lowest BCUT2D eigenvalue weighted by atomic mass is 10.2. The smallest absolute Gasteiger partial charge is 0.263 e. The van der Waals surface area contributed by atoms with E-state index in [4.69, 9.17) is 0 Å². The number of para-hydroxylation sites is 1. The van der Waals surface area contributed by atoms with Gasteiger partial charge >= 0.3 is 0 Å². The molecule has 3 aromatic carbocycles. The first-order valence-corrected chi connectivity index (χ1v) is 10.6. The molecule has 5 aromatic rings. The van der Waals surface area contributed by atoms with Crippen LogP contribution < -0.4 is 5.56 Å². The lowest BCUT2D eigenvalue weighted by molar-refractivity contribution is 0.626. The quantitative estimate of drug-likeness (QED) is 0.378. The van der Waals surface area contributed by atoms with Crippen molar-refractivity contribution in [2.75, 3.05) is 0 Å². The first-order chi connectivity index (χ1) is 15.1. The molecule has 5 rings (SSSR count). The summed E-state index contributed by atoms with van der Waals surface area (Å²) in [5.41, 5.74) is 2.11. The molecule has 0 aliphatic heterocycles. The molecular weight excluding hydrogens is 418 g/mol. The molecule has 0 saturated heterocycles. The van der Waals surface area contributed by atoms with E-state index < -0.39 is 0 Å². The van der Waals surface area contributed by atoms with Crippen LogP contribution in [-0.2, 0) is 12.3 Å². The summed E-state index contributed by atoms with van der Waals surface area (Å²) in [7, 11) is 0. The third-order valence-electron chi connectivity index (χ3n) is 4.99. The molecule has 0 saturated carbocycles. The third-order valence-corrected chi connectivity index (χ3v) is 5.99. The molecule has 31 heavy (non-hydrogen) atoms. The Bertz CT molecular complexity index is 1460. The van der Waals surface area contributed by atoms with Crippen molar-refractivity contribution in [3.05, 3.63) is 106 Å². The van der Waals surface area contributed by atoms with Crippen molar-refractivity contribution in [2.24, 2.45) is 0 Å². The second kappa shape index (κ2) is 7.96. The lowest BCUT2D eigenvalue weighted by Gasteiger charge is -2.11. The predicted octanol–water partition coefficient (Wildman–Crippen LogP) is 4.66. The van der Waals surface area contributed by atoms with Gasteiger partial charge in [0.15, 0.2) is 5.16 Å². The minimum absolute atomic E-state index is 0.193. The summed E-state index contributed by atoms with van der Waals surface area (Å²) >= 11 is 1.41. The van der Waals surface area contributed by atoms with Gasteiger partial charge in [0.25, 0.3) is 5.56 Å². The lowest BCUT2D eigenvalue weighted by Crippen LogP contribution is -2.24. The Morgan fingerprint density at radius 3 is 2.45 bits per heavy atom. The van der Waals surface area contributed by atoms with E-state index in [0.29, 0.717) is 27.6 Å². The van der Waals surface area contributed by atoms with Crippen LogP contribution in [0.5, 0.6) is 0 Å². The van der Waals surface area contributed by atoms with Crippen molar-refractivity contribution in [1.82, 2.24) is 19.2 Å². The molecule has 0 atom stereocenters. The maximum atomic E-state index is 13.5. The molecule has 0 bridgehead atoms. The number of thioether (sulfide) groups is 1. The summed E-state index contributed by atoms with van der Waals surface area (Å²) in [6.45, 7) is 0.236. The molecule has 2 aromatic heterocycles. The number of rotatable bonds is 5. The fourth-order valence-electron chi connectivity index (χ4n) is 3.52. The zero-order valence-corrected chi connectivity index (χ0v) is 17.0. The molecule has 0 aliphatic carbocycles. The molecule has 0 radical (unpaired) electrons. The van der Waals surface area contributed by atoms with Gasteiger partial charge in [0.2, 0.25) is 5.78 Å². The summed E-state index contributed by atoms with van der Waals surface area (Å²) in [5.74, 6) is 0.278. The number of aromatic nitrogens is 4. The highest BCUT2D eigenvalue weighted by Gasteiger charge is 2.17. The molecule has 0 unspecified atom stereocenters. The average Bonchev–Trinajstić information content (AvgIpc) is 3.21. The van der Waals surface area contributed by atoms with Crippen LogP contribution in [-0.4, -0.2) is 19.2 Å². The van der Waals surface area contributed by atoms with Crippen LogP contribution in [0.1, 0.15) is 11.1 Å². The summed E-state index contributed by atoms with van der Waals surface area (Å²) < 4.78 is 30.2. The van der Waals surface area contributed by atoms with Gasteiger partial charge in [-0.3, -0.25) is 13.8 Å². The van der Waals surface area contributed by atoms with Crippen molar-refractivity contribution < 1.29 is 8.78 Å². The van der Waals surface area contributed by atoms with Gasteiger partial charge in [-0.2, -0.15) is 0 Å². The van der Waals surface area contributed by atoms with E-state index in [2.05, 4.69) is 10.2 Å². The Labute approximate surface area is 180 Å². The number of benzene rings is 3. The zero-order chi connectivity index (χ0) is 21.4. The first kappa shape index (κ1) is 19.4. The van der Waals surface area contributed by atoms with Gasteiger partial charge < -0.3 is 0 Å². The van der Waals surface area contributed by atoms with E-state index in [1.807, 2.05) is 28.7 Å². The summed E-state index contributed by atoms with van der Waals surface area (Å²) in [4.78, 5) is 13.2. The van der Waals surface area contributed by atoms with Crippen LogP contribution in [0.2, 0.25) is 0 Å². The van der Waals surface area contributed by atoms with Gasteiger partial charge in [0, 0.05) is 5.75 Å². The van der Waals surface area contributed by atoms with Gasteiger partial charge in [0.1, 0.15) is 11.6 Å². The highest BCUT2D eigenvalue weighted by molar-refractivity contribution is 7.98. The van der Waals surface area contributed by atoms with Crippen LogP contribution >= 0.6 is 11.8 Å². The Kier molecular flexibility index (Phi) is 4.99. The minimum Gasteiger partial charge on any atom is -0.272 e. The fraction of sp³-hybridized carbons (Fsp3) is 0.0870. The van der Waals surface area contributed by atoms with E-state index in [-0.39, 0.29) is 23.7 Å². The third kappa shape index (κ3) is 3.70. The second-order valence-electron chi connectivity index (χ2n) is 7.07. The van der Waals surface area contributed by atoms with E-state index in [9.17, 15) is 13.6 Å². The number of fused-ring (bicyclic) bond motifs is 3. The fourth-order valence-corrected chi connectivity index (χ4v) is 4.40. The summed E-state index contributed by atoms with van der Waals surface area (Å²) in [6.07, 6.45) is 0. The number of hydrogen-bond donors (Lipinski definition) is 0. The normalized spacial score (nSPS) is 11.4. The van der Waals surface area contributed by atoms with E-state index >= 15 is 0 Å². The average molecular weight is 434 g/mol. The number of halogens is 2. The molecule has 0 amide bonds. The molecule has 0 spiro atoms. The Hall–Kier alpha value is -3.52. The zero-order valence-electron chi connectivity index (χ0n) is 16.2. The number of nitrogens with zero attached hydrogens (tertiary/aromatic N) is 4. The molecule has 5 nitrogen and oxygen atoms in total. The maximum absolute atomic E-state index is 13.5. The van der Waals surface area contributed by atoms with Crippen molar-refractivity contribution >= 4 is 28.4 Å². The van der Waals surface area contributed by atoms with Crippen molar-refractivity contribution in [2.45, 2.75) is 17.5 Å². The standard InChI is InChI=1S/C23H16F2N4OS/c24-17-10-8-15(9-11-17)13-28-21(30)19-6-1-2-7-20(19)29-22(28)26-27-23(29)31-14-16-4-3-5-18(25)12-16/h1-12H,13-14H2. The van der Waals surface area contributed by atoms with Gasteiger partial charge in [-0.15, -0.1) is 10.2 Å². The van der Waals surface area contributed by atoms with Crippen LogP contribution in [0.15, 0.2) is 82.7 Å². The highest BCUT2D eigenvalue weighted by atomic mass is 32.2. The SMILES string of the molecule is O=c1c2ccccc2n2c(SCc3cccc(F)c3)nnc2n1Cc1ccc(F)cc1. The Morgan fingerprint density at radius 1 is 0.839 bits per heavy atom. The largest absolute Gasteiger partial charge is 0.272 e. The van der Waals surface area contributed by atoms with Crippen LogP contribution in [0.25, 0.3) is 16.7 Å². The molecule has 0 aliphatic rings. The monoisotopic (exact) mass is 434 g/mol. The van der Waals surface area contributed by atoms with Crippen LogP contribution in [0.3, 0.4) is 0 Å². The molecular formula is C23H16F2N4OS. The van der Waals surface area contributed by atoms with Gasteiger partial charge in [0.05, 0.1) is 17.4 Å².